The molecule has 0 radical (unpaired) electrons. The molecule has 0 aliphatic carbocycles. The van der Waals surface area contributed by atoms with Crippen LogP contribution in [0.5, 0.6) is 0 Å². The van der Waals surface area contributed by atoms with Gasteiger partial charge in [-0.15, -0.1) is 11.3 Å². The van der Waals surface area contributed by atoms with Gasteiger partial charge in [0.2, 0.25) is 5.91 Å². The van der Waals surface area contributed by atoms with Gasteiger partial charge in [0.05, 0.1) is 34.9 Å². The zero-order chi connectivity index (χ0) is 18.9. The molecule has 2 saturated heterocycles. The van der Waals surface area contributed by atoms with Gasteiger partial charge in [-0.1, -0.05) is 30.3 Å². The van der Waals surface area contributed by atoms with Gasteiger partial charge in [0.15, 0.2) is 0 Å². The maximum Gasteiger partial charge on any atom is 0.228 e. The molecule has 1 aromatic carbocycles. The maximum atomic E-state index is 12.6. The predicted octanol–water partition coefficient (Wildman–Crippen LogP) is 3.27. The smallest absolute Gasteiger partial charge is 0.228 e. The van der Waals surface area contributed by atoms with Gasteiger partial charge in [0.25, 0.3) is 0 Å². The number of nitrogens with zero attached hydrogens (tertiary/aromatic N) is 2. The Morgan fingerprint density at radius 3 is 2.74 bits per heavy atom. The van der Waals surface area contributed by atoms with Crippen molar-refractivity contribution in [2.45, 2.75) is 56.8 Å². The summed E-state index contributed by atoms with van der Waals surface area (Å²) in [5.41, 5.74) is 1.65. The molecule has 2 atom stereocenters. The van der Waals surface area contributed by atoms with E-state index in [-0.39, 0.29) is 23.7 Å². The van der Waals surface area contributed by atoms with Crippen molar-refractivity contribution >= 4 is 17.2 Å². The SMILES string of the molecule is Cc1nc(CC(=O)N2CCC3(CC2)C[C@@H](O)C[C@H](c2ccccc2)O3)cs1. The number of aryl methyl sites for hydroxylation is 1. The molecule has 1 N–H and O–H groups in total. The van der Waals surface area contributed by atoms with E-state index in [0.717, 1.165) is 29.1 Å². The Morgan fingerprint density at radius 2 is 2.07 bits per heavy atom. The van der Waals surface area contributed by atoms with Crippen molar-refractivity contribution in [1.29, 1.82) is 0 Å². The molecule has 27 heavy (non-hydrogen) atoms. The molecule has 2 aromatic rings. The summed E-state index contributed by atoms with van der Waals surface area (Å²) in [6, 6.07) is 10.1. The number of carbonyl (C=O) groups is 1. The van der Waals surface area contributed by atoms with Crippen LogP contribution in [0.25, 0.3) is 0 Å². The van der Waals surface area contributed by atoms with Crippen LogP contribution in [0.15, 0.2) is 35.7 Å². The Morgan fingerprint density at radius 1 is 1.33 bits per heavy atom. The number of aliphatic hydroxyl groups is 1. The Hall–Kier alpha value is -1.76. The fourth-order valence-electron chi connectivity index (χ4n) is 4.27. The number of rotatable bonds is 3. The first-order chi connectivity index (χ1) is 13.0. The van der Waals surface area contributed by atoms with E-state index in [1.807, 2.05) is 35.4 Å². The first-order valence-corrected chi connectivity index (χ1v) is 10.5. The summed E-state index contributed by atoms with van der Waals surface area (Å²) in [4.78, 5) is 18.9. The van der Waals surface area contributed by atoms with E-state index >= 15 is 0 Å². The van der Waals surface area contributed by atoms with Gasteiger partial charge in [0.1, 0.15) is 0 Å². The highest BCUT2D eigenvalue weighted by atomic mass is 32.1. The van der Waals surface area contributed by atoms with Crippen LogP contribution in [-0.2, 0) is 16.0 Å². The first-order valence-electron chi connectivity index (χ1n) is 9.63. The van der Waals surface area contributed by atoms with Crippen LogP contribution in [0, 0.1) is 6.92 Å². The molecule has 144 valence electrons. The molecule has 0 saturated carbocycles. The van der Waals surface area contributed by atoms with Crippen LogP contribution < -0.4 is 0 Å². The number of hydrogen-bond acceptors (Lipinski definition) is 5. The quantitative estimate of drug-likeness (QED) is 0.879. The monoisotopic (exact) mass is 386 g/mol. The van der Waals surface area contributed by atoms with Gasteiger partial charge in [-0.2, -0.15) is 0 Å². The minimum atomic E-state index is -0.357. The van der Waals surface area contributed by atoms with Crippen molar-refractivity contribution in [3.8, 4) is 0 Å². The van der Waals surface area contributed by atoms with Crippen molar-refractivity contribution in [2.24, 2.45) is 0 Å². The number of likely N-dealkylation sites (tertiary alicyclic amines) is 1. The van der Waals surface area contributed by atoms with Crippen molar-refractivity contribution in [1.82, 2.24) is 9.88 Å². The lowest BCUT2D eigenvalue weighted by Gasteiger charge is -2.48. The Kier molecular flexibility index (Phi) is 5.30. The highest BCUT2D eigenvalue weighted by Crippen LogP contribution is 2.42. The Bertz CT molecular complexity index is 784. The summed E-state index contributed by atoms with van der Waals surface area (Å²) in [5, 5.41) is 13.4. The van der Waals surface area contributed by atoms with E-state index in [2.05, 4.69) is 17.1 Å². The highest BCUT2D eigenvalue weighted by Gasteiger charge is 2.44. The third kappa shape index (κ3) is 4.23. The van der Waals surface area contributed by atoms with Gasteiger partial charge in [0, 0.05) is 31.3 Å². The van der Waals surface area contributed by atoms with Gasteiger partial charge in [-0.25, -0.2) is 4.98 Å². The Labute approximate surface area is 164 Å². The molecule has 1 spiro atoms. The zero-order valence-electron chi connectivity index (χ0n) is 15.6. The number of hydrogen-bond donors (Lipinski definition) is 1. The van der Waals surface area contributed by atoms with Crippen molar-refractivity contribution < 1.29 is 14.6 Å². The van der Waals surface area contributed by atoms with E-state index in [0.29, 0.717) is 32.4 Å². The predicted molar refractivity (Wildman–Crippen MR) is 105 cm³/mol. The topological polar surface area (TPSA) is 62.7 Å². The molecule has 1 aromatic heterocycles. The molecule has 0 bridgehead atoms. The summed E-state index contributed by atoms with van der Waals surface area (Å²) in [6.45, 7) is 3.31. The zero-order valence-corrected chi connectivity index (χ0v) is 16.5. The standard InChI is InChI=1S/C21H26N2O3S/c1-15-22-17(14-27-15)11-20(25)23-9-7-21(8-10-23)13-18(24)12-19(26-21)16-5-3-2-4-6-16/h2-6,14,18-19,24H,7-13H2,1H3/t18-,19+/m0/s1. The molecule has 5 nitrogen and oxygen atoms in total. The van der Waals surface area contributed by atoms with Crippen LogP contribution in [0.4, 0.5) is 0 Å². The minimum Gasteiger partial charge on any atom is -0.393 e. The molecule has 0 unspecified atom stereocenters. The first kappa shape index (κ1) is 18.6. The van der Waals surface area contributed by atoms with Crippen molar-refractivity contribution in [2.75, 3.05) is 13.1 Å². The number of thiazole rings is 1. The average molecular weight is 387 g/mol. The normalized spacial score (nSPS) is 24.9. The number of piperidine rings is 1. The summed E-state index contributed by atoms with van der Waals surface area (Å²) in [6.07, 6.45) is 2.78. The Balaban J connectivity index is 1.39. The van der Waals surface area contributed by atoms with Crippen LogP contribution in [0.3, 0.4) is 0 Å². The third-order valence-corrected chi connectivity index (χ3v) is 6.51. The van der Waals surface area contributed by atoms with Crippen LogP contribution in [0.2, 0.25) is 0 Å². The lowest BCUT2D eigenvalue weighted by atomic mass is 9.81. The second kappa shape index (κ2) is 7.70. The summed E-state index contributed by atoms with van der Waals surface area (Å²) >= 11 is 1.58. The lowest BCUT2D eigenvalue weighted by molar-refractivity contribution is -0.185. The molecule has 6 heteroatoms. The number of aliphatic hydroxyl groups excluding tert-OH is 1. The number of benzene rings is 1. The number of carbonyl (C=O) groups excluding carboxylic acids is 1. The van der Waals surface area contributed by atoms with E-state index in [1.54, 1.807) is 11.3 Å². The lowest BCUT2D eigenvalue weighted by Crippen LogP contribution is -2.52. The van der Waals surface area contributed by atoms with Crippen molar-refractivity contribution in [3.63, 3.8) is 0 Å². The highest BCUT2D eigenvalue weighted by molar-refractivity contribution is 7.09. The molecule has 2 aliphatic rings. The average Bonchev–Trinajstić information content (AvgIpc) is 3.07. The summed E-state index contributed by atoms with van der Waals surface area (Å²) in [7, 11) is 0. The third-order valence-electron chi connectivity index (χ3n) is 5.68. The van der Waals surface area contributed by atoms with Gasteiger partial charge >= 0.3 is 0 Å². The van der Waals surface area contributed by atoms with Crippen LogP contribution >= 0.6 is 11.3 Å². The molecule has 2 fully saturated rings. The second-order valence-corrected chi connectivity index (χ2v) is 8.77. The van der Waals surface area contributed by atoms with E-state index in [1.165, 1.54) is 0 Å². The van der Waals surface area contributed by atoms with E-state index < -0.39 is 0 Å². The number of ether oxygens (including phenoxy) is 1. The van der Waals surface area contributed by atoms with Crippen LogP contribution in [0.1, 0.15) is 48.1 Å². The molecule has 2 aliphatic heterocycles. The van der Waals surface area contributed by atoms with Gasteiger partial charge < -0.3 is 14.7 Å². The fourth-order valence-corrected chi connectivity index (χ4v) is 4.88. The molecular weight excluding hydrogens is 360 g/mol. The molecule has 4 rings (SSSR count). The van der Waals surface area contributed by atoms with Crippen LogP contribution in [-0.4, -0.2) is 45.7 Å². The molecule has 3 heterocycles. The maximum absolute atomic E-state index is 12.6. The molecular formula is C21H26N2O3S. The summed E-state index contributed by atoms with van der Waals surface area (Å²) in [5.74, 6) is 0.131. The fraction of sp³-hybridized carbons (Fsp3) is 0.524. The van der Waals surface area contributed by atoms with Gasteiger partial charge in [-0.05, 0) is 25.3 Å². The van der Waals surface area contributed by atoms with E-state index in [4.69, 9.17) is 4.74 Å². The summed E-state index contributed by atoms with van der Waals surface area (Å²) < 4.78 is 6.51. The molecule has 1 amide bonds. The van der Waals surface area contributed by atoms with E-state index in [9.17, 15) is 9.90 Å². The largest absolute Gasteiger partial charge is 0.393 e. The number of amides is 1. The minimum absolute atomic E-state index is 0.0739. The van der Waals surface area contributed by atoms with Gasteiger partial charge in [-0.3, -0.25) is 4.79 Å². The second-order valence-electron chi connectivity index (χ2n) is 7.71. The van der Waals surface area contributed by atoms with Crippen molar-refractivity contribution in [3.05, 3.63) is 52.0 Å². The number of aromatic nitrogens is 1.